The molecule has 1 unspecified atom stereocenters. The van der Waals surface area contributed by atoms with E-state index in [1.807, 2.05) is 28.7 Å². The normalized spacial score (nSPS) is 17.2. The van der Waals surface area contributed by atoms with E-state index in [2.05, 4.69) is 36.5 Å². The van der Waals surface area contributed by atoms with Crippen LogP contribution in [0.4, 0.5) is 5.69 Å². The van der Waals surface area contributed by atoms with Gasteiger partial charge < -0.3 is 9.51 Å². The fourth-order valence-corrected chi connectivity index (χ4v) is 3.48. The van der Waals surface area contributed by atoms with Gasteiger partial charge in [0.15, 0.2) is 5.65 Å². The molecule has 0 aliphatic carbocycles. The number of aryl methyl sites for hydroxylation is 2. The molecule has 0 saturated heterocycles. The first kappa shape index (κ1) is 15.2. The first-order chi connectivity index (χ1) is 11.8. The van der Waals surface area contributed by atoms with Crippen LogP contribution in [0, 0.1) is 6.92 Å². The summed E-state index contributed by atoms with van der Waals surface area (Å²) in [4.78, 5) is 10.7. The third-order valence-corrected chi connectivity index (χ3v) is 4.50. The van der Waals surface area contributed by atoms with Crippen molar-refractivity contribution in [2.45, 2.75) is 25.8 Å². The number of benzene rings is 1. The molecule has 0 radical (unpaired) electrons. The summed E-state index contributed by atoms with van der Waals surface area (Å²) in [5.41, 5.74) is 5.35. The van der Waals surface area contributed by atoms with Crippen LogP contribution in [0.1, 0.15) is 29.3 Å². The van der Waals surface area contributed by atoms with Crippen molar-refractivity contribution < 1.29 is 9.94 Å². The van der Waals surface area contributed by atoms with Crippen molar-refractivity contribution in [3.63, 3.8) is 0 Å². The zero-order chi connectivity index (χ0) is 16.5. The standard InChI is InChI=1S/C19H21N3O2/c1-14-13-21-10-9-16-7-8-17(15-5-3-2-4-6-15)22(24-12-11-23)18(16)19(21)20-14/h2-6,9-10,13,17,23H,7-8,11-12H2,1H3. The molecule has 0 saturated carbocycles. The highest BCUT2D eigenvalue weighted by Gasteiger charge is 2.31. The van der Waals surface area contributed by atoms with E-state index in [0.29, 0.717) is 0 Å². The van der Waals surface area contributed by atoms with Gasteiger partial charge in [-0.2, -0.15) is 0 Å². The van der Waals surface area contributed by atoms with Crippen molar-refractivity contribution in [1.29, 1.82) is 0 Å². The van der Waals surface area contributed by atoms with E-state index < -0.39 is 0 Å². The van der Waals surface area contributed by atoms with E-state index in [1.54, 1.807) is 0 Å². The van der Waals surface area contributed by atoms with Crippen LogP contribution in [0.2, 0.25) is 0 Å². The molecule has 1 aliphatic heterocycles. The molecule has 0 bridgehead atoms. The van der Waals surface area contributed by atoms with Crippen molar-refractivity contribution in [2.24, 2.45) is 0 Å². The Labute approximate surface area is 141 Å². The van der Waals surface area contributed by atoms with Gasteiger partial charge in [0.1, 0.15) is 5.69 Å². The van der Waals surface area contributed by atoms with Gasteiger partial charge in [-0.1, -0.05) is 30.3 Å². The number of fused-ring (bicyclic) bond motifs is 3. The highest BCUT2D eigenvalue weighted by Crippen LogP contribution is 2.40. The van der Waals surface area contributed by atoms with Gasteiger partial charge in [-0.25, -0.2) is 10.0 Å². The number of hydrogen-bond donors (Lipinski definition) is 1. The maximum Gasteiger partial charge on any atom is 0.163 e. The number of aromatic nitrogens is 2. The molecule has 24 heavy (non-hydrogen) atoms. The zero-order valence-corrected chi connectivity index (χ0v) is 13.7. The SMILES string of the molecule is Cc1cn2ccc3c(c2n1)N(OCCO)C(c1ccccc1)CC3. The van der Waals surface area contributed by atoms with Crippen molar-refractivity contribution >= 4 is 11.3 Å². The lowest BCUT2D eigenvalue weighted by molar-refractivity contribution is 0.0516. The molecule has 3 aromatic rings. The summed E-state index contributed by atoms with van der Waals surface area (Å²) >= 11 is 0. The lowest BCUT2D eigenvalue weighted by atomic mass is 9.93. The van der Waals surface area contributed by atoms with E-state index >= 15 is 0 Å². The van der Waals surface area contributed by atoms with E-state index in [-0.39, 0.29) is 19.3 Å². The number of anilines is 1. The minimum absolute atomic E-state index is 0.00999. The summed E-state index contributed by atoms with van der Waals surface area (Å²) in [7, 11) is 0. The molecule has 3 heterocycles. The van der Waals surface area contributed by atoms with E-state index in [1.165, 1.54) is 11.1 Å². The molecule has 0 fully saturated rings. The number of hydrogen-bond acceptors (Lipinski definition) is 4. The summed E-state index contributed by atoms with van der Waals surface area (Å²) in [6, 6.07) is 12.6. The van der Waals surface area contributed by atoms with Crippen molar-refractivity contribution in [2.75, 3.05) is 18.3 Å². The Morgan fingerprint density at radius 1 is 1.25 bits per heavy atom. The Hall–Kier alpha value is -2.37. The summed E-state index contributed by atoms with van der Waals surface area (Å²) in [5.74, 6) is 0. The zero-order valence-electron chi connectivity index (χ0n) is 13.7. The second-order valence-electron chi connectivity index (χ2n) is 6.15. The number of nitrogens with zero attached hydrogens (tertiary/aromatic N) is 3. The topological polar surface area (TPSA) is 50.0 Å². The average molecular weight is 323 g/mol. The van der Waals surface area contributed by atoms with Crippen molar-refractivity contribution in [3.8, 4) is 0 Å². The maximum absolute atomic E-state index is 9.25. The van der Waals surface area contributed by atoms with Crippen molar-refractivity contribution in [1.82, 2.24) is 9.38 Å². The quantitative estimate of drug-likeness (QED) is 0.802. The van der Waals surface area contributed by atoms with Crippen LogP contribution in [0.3, 0.4) is 0 Å². The molecule has 124 valence electrons. The lowest BCUT2D eigenvalue weighted by Gasteiger charge is -2.37. The van der Waals surface area contributed by atoms with Crippen LogP contribution in [0.25, 0.3) is 5.65 Å². The van der Waals surface area contributed by atoms with Crippen LogP contribution in [-0.2, 0) is 11.3 Å². The number of imidazole rings is 1. The monoisotopic (exact) mass is 323 g/mol. The molecular weight excluding hydrogens is 302 g/mol. The number of pyridine rings is 1. The lowest BCUT2D eigenvalue weighted by Crippen LogP contribution is -2.34. The van der Waals surface area contributed by atoms with E-state index in [4.69, 9.17) is 9.82 Å². The number of hydroxylamine groups is 1. The minimum atomic E-state index is -0.00999. The number of aliphatic hydroxyl groups excluding tert-OH is 1. The molecular formula is C19H21N3O2. The van der Waals surface area contributed by atoms with E-state index in [0.717, 1.165) is 29.9 Å². The molecule has 0 amide bonds. The second-order valence-corrected chi connectivity index (χ2v) is 6.15. The molecule has 2 aromatic heterocycles. The first-order valence-electron chi connectivity index (χ1n) is 8.33. The first-order valence-corrected chi connectivity index (χ1v) is 8.33. The predicted molar refractivity (Wildman–Crippen MR) is 92.9 cm³/mol. The second kappa shape index (κ2) is 6.26. The van der Waals surface area contributed by atoms with Crippen LogP contribution in [-0.4, -0.2) is 27.7 Å². The fourth-order valence-electron chi connectivity index (χ4n) is 3.48. The fraction of sp³-hybridized carbons (Fsp3) is 0.316. The Balaban J connectivity index is 1.85. The van der Waals surface area contributed by atoms with Gasteiger partial charge in [0, 0.05) is 12.4 Å². The third kappa shape index (κ3) is 2.56. The smallest absolute Gasteiger partial charge is 0.163 e. The third-order valence-electron chi connectivity index (χ3n) is 4.50. The molecule has 1 aliphatic rings. The Morgan fingerprint density at radius 2 is 2.08 bits per heavy atom. The Bertz CT molecular complexity index is 844. The van der Waals surface area contributed by atoms with Gasteiger partial charge in [-0.3, -0.25) is 4.84 Å². The van der Waals surface area contributed by atoms with Crippen LogP contribution in [0.15, 0.2) is 48.8 Å². The van der Waals surface area contributed by atoms with Crippen LogP contribution < -0.4 is 5.06 Å². The van der Waals surface area contributed by atoms with Gasteiger partial charge in [0.05, 0.1) is 24.9 Å². The van der Waals surface area contributed by atoms with Crippen LogP contribution in [0.5, 0.6) is 0 Å². The predicted octanol–water partition coefficient (Wildman–Crippen LogP) is 3.06. The summed E-state index contributed by atoms with van der Waals surface area (Å²) < 4.78 is 2.04. The largest absolute Gasteiger partial charge is 0.394 e. The maximum atomic E-state index is 9.25. The number of rotatable bonds is 4. The Morgan fingerprint density at radius 3 is 2.88 bits per heavy atom. The molecule has 1 aromatic carbocycles. The van der Waals surface area contributed by atoms with Crippen LogP contribution >= 0.6 is 0 Å². The van der Waals surface area contributed by atoms with Gasteiger partial charge in [-0.15, -0.1) is 0 Å². The minimum Gasteiger partial charge on any atom is -0.394 e. The van der Waals surface area contributed by atoms with E-state index in [9.17, 15) is 5.11 Å². The average Bonchev–Trinajstić information content (AvgIpc) is 3.00. The van der Waals surface area contributed by atoms with Gasteiger partial charge in [0.25, 0.3) is 0 Å². The Kier molecular flexibility index (Phi) is 3.96. The molecule has 4 rings (SSSR count). The summed E-state index contributed by atoms with van der Waals surface area (Å²) in [6.45, 7) is 2.25. The van der Waals surface area contributed by atoms with Crippen molar-refractivity contribution in [3.05, 3.63) is 65.6 Å². The highest BCUT2D eigenvalue weighted by atomic mass is 16.7. The molecule has 1 N–H and O–H groups in total. The molecule has 0 spiro atoms. The summed E-state index contributed by atoms with van der Waals surface area (Å²) in [6.07, 6.45) is 6.03. The van der Waals surface area contributed by atoms with Gasteiger partial charge >= 0.3 is 0 Å². The van der Waals surface area contributed by atoms with Gasteiger partial charge in [0.2, 0.25) is 0 Å². The van der Waals surface area contributed by atoms with Gasteiger partial charge in [-0.05, 0) is 37.0 Å². The molecule has 1 atom stereocenters. The summed E-state index contributed by atoms with van der Waals surface area (Å²) in [5, 5.41) is 11.2. The molecule has 5 heteroatoms. The number of aliphatic hydroxyl groups is 1. The highest BCUT2D eigenvalue weighted by molar-refractivity contribution is 5.74. The molecule has 5 nitrogen and oxygen atoms in total.